The number of methoxy groups -OCH3 is 1. The Hall–Kier alpha value is -3.06. The average Bonchev–Trinajstić information content (AvgIpc) is 2.70. The second kappa shape index (κ2) is 9.17. The third-order valence-electron chi connectivity index (χ3n) is 4.59. The first-order chi connectivity index (χ1) is 14.3. The summed E-state index contributed by atoms with van der Waals surface area (Å²) in [6, 6.07) is 8.32. The average molecular weight is 432 g/mol. The normalized spacial score (nSPS) is 10.7. The van der Waals surface area contributed by atoms with Crippen LogP contribution in [0.5, 0.6) is 11.5 Å². The van der Waals surface area contributed by atoms with Crippen molar-refractivity contribution in [3.8, 4) is 11.5 Å². The molecule has 0 amide bonds. The molecule has 3 rings (SSSR count). The first kappa shape index (κ1) is 21.6. The SMILES string of the molecule is CCOc1cn(Cc2ccc(F)c(Cl)c2)c(Nc2cc(C)c(OC)cc2C)nc1=O. The maximum absolute atomic E-state index is 13.5. The first-order valence-electron chi connectivity index (χ1n) is 9.42. The van der Waals surface area contributed by atoms with E-state index in [1.54, 1.807) is 36.9 Å². The second-order valence-corrected chi connectivity index (χ2v) is 7.21. The third-order valence-corrected chi connectivity index (χ3v) is 4.88. The molecule has 0 radical (unpaired) electrons. The highest BCUT2D eigenvalue weighted by atomic mass is 35.5. The van der Waals surface area contributed by atoms with Crippen molar-refractivity contribution in [1.29, 1.82) is 0 Å². The van der Waals surface area contributed by atoms with Crippen molar-refractivity contribution in [2.45, 2.75) is 27.3 Å². The van der Waals surface area contributed by atoms with Crippen LogP contribution in [-0.4, -0.2) is 23.3 Å². The second-order valence-electron chi connectivity index (χ2n) is 6.81. The number of hydrogen-bond donors (Lipinski definition) is 1. The summed E-state index contributed by atoms with van der Waals surface area (Å²) in [5, 5.41) is 3.25. The monoisotopic (exact) mass is 431 g/mol. The number of nitrogens with zero attached hydrogens (tertiary/aromatic N) is 2. The minimum absolute atomic E-state index is 0.0302. The Morgan fingerprint density at radius 1 is 1.17 bits per heavy atom. The lowest BCUT2D eigenvalue weighted by molar-refractivity contribution is 0.331. The summed E-state index contributed by atoms with van der Waals surface area (Å²) in [6.07, 6.45) is 1.59. The number of nitrogens with one attached hydrogen (secondary N) is 1. The fraction of sp³-hybridized carbons (Fsp3) is 0.273. The molecule has 0 aliphatic rings. The van der Waals surface area contributed by atoms with Crippen molar-refractivity contribution in [2.75, 3.05) is 19.0 Å². The van der Waals surface area contributed by atoms with Crippen LogP contribution < -0.4 is 20.3 Å². The number of hydrogen-bond acceptors (Lipinski definition) is 5. The highest BCUT2D eigenvalue weighted by molar-refractivity contribution is 6.30. The summed E-state index contributed by atoms with van der Waals surface area (Å²) >= 11 is 5.92. The third kappa shape index (κ3) is 4.74. The minimum Gasteiger partial charge on any atom is -0.496 e. The quantitative estimate of drug-likeness (QED) is 0.579. The van der Waals surface area contributed by atoms with E-state index >= 15 is 0 Å². The largest absolute Gasteiger partial charge is 0.496 e. The van der Waals surface area contributed by atoms with Crippen molar-refractivity contribution in [3.63, 3.8) is 0 Å². The van der Waals surface area contributed by atoms with E-state index < -0.39 is 11.4 Å². The molecular weight excluding hydrogens is 409 g/mol. The van der Waals surface area contributed by atoms with Gasteiger partial charge in [0.15, 0.2) is 0 Å². The molecule has 1 aromatic heterocycles. The van der Waals surface area contributed by atoms with Crippen molar-refractivity contribution < 1.29 is 13.9 Å². The van der Waals surface area contributed by atoms with Gasteiger partial charge in [-0.05, 0) is 61.7 Å². The van der Waals surface area contributed by atoms with Gasteiger partial charge in [0.2, 0.25) is 11.7 Å². The lowest BCUT2D eigenvalue weighted by Gasteiger charge is -2.18. The van der Waals surface area contributed by atoms with E-state index in [0.717, 1.165) is 28.1 Å². The molecule has 8 heteroatoms. The summed E-state index contributed by atoms with van der Waals surface area (Å²) in [7, 11) is 1.62. The smallest absolute Gasteiger partial charge is 0.316 e. The Morgan fingerprint density at radius 3 is 2.60 bits per heavy atom. The van der Waals surface area contributed by atoms with Crippen molar-refractivity contribution in [2.24, 2.45) is 0 Å². The zero-order chi connectivity index (χ0) is 21.8. The number of ether oxygens (including phenoxy) is 2. The first-order valence-corrected chi connectivity index (χ1v) is 9.80. The minimum atomic E-state index is -0.490. The Kier molecular flexibility index (Phi) is 6.62. The molecule has 0 spiro atoms. The fourth-order valence-corrected chi connectivity index (χ4v) is 3.25. The highest BCUT2D eigenvalue weighted by Crippen LogP contribution is 2.28. The van der Waals surface area contributed by atoms with E-state index in [1.807, 2.05) is 26.0 Å². The zero-order valence-corrected chi connectivity index (χ0v) is 18.0. The molecule has 0 saturated carbocycles. The van der Waals surface area contributed by atoms with Crippen LogP contribution in [0.3, 0.4) is 0 Å². The van der Waals surface area contributed by atoms with Gasteiger partial charge in [0.05, 0.1) is 31.5 Å². The lowest BCUT2D eigenvalue weighted by Crippen LogP contribution is -2.19. The predicted octanol–water partition coefficient (Wildman–Crippen LogP) is 4.85. The predicted molar refractivity (Wildman–Crippen MR) is 116 cm³/mol. The topological polar surface area (TPSA) is 65.4 Å². The van der Waals surface area contributed by atoms with Gasteiger partial charge in [0.1, 0.15) is 11.6 Å². The Bertz CT molecular complexity index is 1130. The molecule has 1 N–H and O–H groups in total. The van der Waals surface area contributed by atoms with Crippen molar-refractivity contribution in [3.05, 3.63) is 74.4 Å². The van der Waals surface area contributed by atoms with Gasteiger partial charge in [-0.3, -0.25) is 4.79 Å². The standard InChI is InChI=1S/C22H23ClFN3O3/c1-5-30-20-12-27(11-15-6-7-17(24)16(23)10-15)22(26-21(20)28)25-18-8-14(3)19(29-4)9-13(18)2/h6-10,12H,5,11H2,1-4H3,(H,25,26,28). The number of anilines is 2. The number of rotatable bonds is 7. The van der Waals surface area contributed by atoms with E-state index in [4.69, 9.17) is 21.1 Å². The van der Waals surface area contributed by atoms with Crippen LogP contribution in [0, 0.1) is 19.7 Å². The Balaban J connectivity index is 2.04. The summed E-state index contributed by atoms with van der Waals surface area (Å²) < 4.78 is 26.0. The van der Waals surface area contributed by atoms with Gasteiger partial charge < -0.3 is 19.4 Å². The van der Waals surface area contributed by atoms with E-state index in [-0.39, 0.29) is 10.8 Å². The molecule has 30 heavy (non-hydrogen) atoms. The van der Waals surface area contributed by atoms with Crippen LogP contribution in [0.2, 0.25) is 5.02 Å². The molecule has 0 aliphatic heterocycles. The van der Waals surface area contributed by atoms with Gasteiger partial charge in [-0.25, -0.2) is 4.39 Å². The summed E-state index contributed by atoms with van der Waals surface area (Å²) in [6.45, 7) is 6.30. The molecule has 0 atom stereocenters. The molecular formula is C22H23ClFN3O3. The van der Waals surface area contributed by atoms with E-state index in [0.29, 0.717) is 19.1 Å². The van der Waals surface area contributed by atoms with Gasteiger partial charge in [0.25, 0.3) is 0 Å². The van der Waals surface area contributed by atoms with E-state index in [2.05, 4.69) is 10.3 Å². The molecule has 2 aromatic carbocycles. The lowest BCUT2D eigenvalue weighted by atomic mass is 10.1. The van der Waals surface area contributed by atoms with Gasteiger partial charge in [0, 0.05) is 5.69 Å². The maximum atomic E-state index is 13.5. The summed E-state index contributed by atoms with van der Waals surface area (Å²) in [4.78, 5) is 16.6. The van der Waals surface area contributed by atoms with Gasteiger partial charge >= 0.3 is 5.56 Å². The highest BCUT2D eigenvalue weighted by Gasteiger charge is 2.13. The number of halogens is 2. The van der Waals surface area contributed by atoms with Gasteiger partial charge in [-0.2, -0.15) is 4.98 Å². The molecule has 0 aliphatic carbocycles. The van der Waals surface area contributed by atoms with Gasteiger partial charge in [-0.15, -0.1) is 0 Å². The maximum Gasteiger partial charge on any atom is 0.316 e. The number of aromatic nitrogens is 2. The molecule has 6 nitrogen and oxygen atoms in total. The fourth-order valence-electron chi connectivity index (χ4n) is 3.05. The molecule has 0 unspecified atom stereocenters. The molecule has 158 valence electrons. The molecule has 1 heterocycles. The summed E-state index contributed by atoms with van der Waals surface area (Å²) in [5.74, 6) is 0.752. The van der Waals surface area contributed by atoms with Crippen molar-refractivity contribution in [1.82, 2.24) is 9.55 Å². The van der Waals surface area contributed by atoms with E-state index in [1.165, 1.54) is 6.07 Å². The Labute approximate surface area is 179 Å². The van der Waals surface area contributed by atoms with E-state index in [9.17, 15) is 9.18 Å². The number of aryl methyl sites for hydroxylation is 2. The number of benzene rings is 2. The molecule has 3 aromatic rings. The van der Waals surface area contributed by atoms with Crippen LogP contribution in [0.15, 0.2) is 41.3 Å². The van der Waals surface area contributed by atoms with Gasteiger partial charge in [-0.1, -0.05) is 17.7 Å². The summed E-state index contributed by atoms with van der Waals surface area (Å²) in [5.41, 5.74) is 2.93. The van der Waals surface area contributed by atoms with Crippen LogP contribution in [-0.2, 0) is 6.54 Å². The van der Waals surface area contributed by atoms with Crippen LogP contribution >= 0.6 is 11.6 Å². The zero-order valence-electron chi connectivity index (χ0n) is 17.3. The Morgan fingerprint density at radius 2 is 1.93 bits per heavy atom. The van der Waals surface area contributed by atoms with Crippen molar-refractivity contribution >= 4 is 23.2 Å². The molecule has 0 fully saturated rings. The van der Waals surface area contributed by atoms with Crippen LogP contribution in [0.25, 0.3) is 0 Å². The van der Waals surface area contributed by atoms with Crippen LogP contribution in [0.4, 0.5) is 16.0 Å². The van der Waals surface area contributed by atoms with Crippen LogP contribution in [0.1, 0.15) is 23.6 Å². The molecule has 0 saturated heterocycles. The molecule has 0 bridgehead atoms.